The summed E-state index contributed by atoms with van der Waals surface area (Å²) in [6.07, 6.45) is 0. The molecule has 10 heteroatoms. The Balaban J connectivity index is 1.78. The highest BCUT2D eigenvalue weighted by atomic mass is 35.5. The number of hydrogen-bond donors (Lipinski definition) is 0. The van der Waals surface area contributed by atoms with Gasteiger partial charge < -0.3 is 4.42 Å². The van der Waals surface area contributed by atoms with Crippen molar-refractivity contribution in [2.45, 2.75) is 20.8 Å². The van der Waals surface area contributed by atoms with Gasteiger partial charge in [0.25, 0.3) is 5.22 Å². The Hall–Kier alpha value is -1.97. The van der Waals surface area contributed by atoms with Gasteiger partial charge in [0, 0.05) is 15.5 Å². The molecule has 1 heterocycles. The molecule has 0 spiro atoms. The second-order valence-electron chi connectivity index (χ2n) is 4.76. The first-order chi connectivity index (χ1) is 11.9. The summed E-state index contributed by atoms with van der Waals surface area (Å²) in [5.41, 5.74) is 0.658. The van der Waals surface area contributed by atoms with Crippen LogP contribution in [0, 0.1) is 0 Å². The predicted molar refractivity (Wildman–Crippen MR) is 88.5 cm³/mol. The minimum absolute atomic E-state index is 0.222. The number of alkyl halides is 2. The van der Waals surface area contributed by atoms with Crippen LogP contribution in [0.5, 0.6) is 0 Å². The Labute approximate surface area is 150 Å². The van der Waals surface area contributed by atoms with E-state index in [4.69, 9.17) is 16.0 Å². The van der Waals surface area contributed by atoms with Crippen molar-refractivity contribution in [3.8, 4) is 11.5 Å². The fourth-order valence-corrected chi connectivity index (χ4v) is 3.48. The van der Waals surface area contributed by atoms with Gasteiger partial charge in [0.2, 0.25) is 15.7 Å². The van der Waals surface area contributed by atoms with E-state index in [0.717, 1.165) is 23.9 Å². The fourth-order valence-electron chi connectivity index (χ4n) is 1.89. The molecule has 3 aromatic rings. The number of rotatable bonds is 5. The Morgan fingerprint density at radius 3 is 2.44 bits per heavy atom. The Kier molecular flexibility index (Phi) is 5.07. The molecule has 0 aliphatic carbocycles. The molecule has 0 fully saturated rings. The largest absolute Gasteiger partial charge is 0.411 e. The molecular weight excluding hydrogens is 394 g/mol. The van der Waals surface area contributed by atoms with Gasteiger partial charge in [-0.2, -0.15) is 8.78 Å². The van der Waals surface area contributed by atoms with Crippen LogP contribution in [-0.4, -0.2) is 24.4 Å². The molecule has 5 nitrogen and oxygen atoms in total. The zero-order chi connectivity index (χ0) is 18.0. The molecule has 0 saturated heterocycles. The topological polar surface area (TPSA) is 73.1 Å². The third-order valence-electron chi connectivity index (χ3n) is 3.07. The molecule has 0 atom stereocenters. The van der Waals surface area contributed by atoms with Crippen LogP contribution < -0.4 is 0 Å². The number of nitrogens with zero attached hydrogens (tertiary/aromatic N) is 2. The van der Waals surface area contributed by atoms with Crippen LogP contribution in [0.1, 0.15) is 0 Å². The van der Waals surface area contributed by atoms with E-state index in [0.29, 0.717) is 15.5 Å². The van der Waals surface area contributed by atoms with Gasteiger partial charge in [-0.1, -0.05) is 17.7 Å². The summed E-state index contributed by atoms with van der Waals surface area (Å²) in [6, 6.07) is 11.9. The van der Waals surface area contributed by atoms with E-state index in [1.807, 2.05) is 0 Å². The van der Waals surface area contributed by atoms with E-state index < -0.39 is 20.5 Å². The molecule has 25 heavy (non-hydrogen) atoms. The molecule has 0 radical (unpaired) electrons. The first kappa shape index (κ1) is 17.8. The van der Waals surface area contributed by atoms with Crippen LogP contribution >= 0.6 is 23.4 Å². The van der Waals surface area contributed by atoms with Crippen molar-refractivity contribution >= 4 is 33.2 Å². The van der Waals surface area contributed by atoms with Crippen LogP contribution in [0.2, 0.25) is 5.02 Å². The van der Waals surface area contributed by atoms with Gasteiger partial charge in [-0.05, 0) is 54.2 Å². The maximum atomic E-state index is 12.5. The van der Waals surface area contributed by atoms with Crippen LogP contribution in [0.3, 0.4) is 0 Å². The lowest BCUT2D eigenvalue weighted by molar-refractivity contribution is 0.234. The Morgan fingerprint density at radius 2 is 1.80 bits per heavy atom. The van der Waals surface area contributed by atoms with Crippen molar-refractivity contribution in [3.63, 3.8) is 0 Å². The maximum absolute atomic E-state index is 12.5. The monoisotopic (exact) mass is 402 g/mol. The SMILES string of the molecule is O=S(=O)(c1ccc(Sc2nnc(-c3cccc(Cl)c3)o2)cc1)C(F)F. The second kappa shape index (κ2) is 7.11. The van der Waals surface area contributed by atoms with Crippen molar-refractivity contribution in [2.75, 3.05) is 0 Å². The van der Waals surface area contributed by atoms with Gasteiger partial charge in [0.15, 0.2) is 0 Å². The summed E-state index contributed by atoms with van der Waals surface area (Å²) >= 11 is 6.99. The highest BCUT2D eigenvalue weighted by molar-refractivity contribution is 7.99. The number of hydrogen-bond acceptors (Lipinski definition) is 6. The molecule has 1 aromatic heterocycles. The van der Waals surface area contributed by atoms with Crippen molar-refractivity contribution in [1.82, 2.24) is 10.2 Å². The molecule has 0 bridgehead atoms. The van der Waals surface area contributed by atoms with E-state index in [1.54, 1.807) is 24.3 Å². The predicted octanol–water partition coefficient (Wildman–Crippen LogP) is 4.54. The third kappa shape index (κ3) is 4.00. The molecule has 0 unspecified atom stereocenters. The van der Waals surface area contributed by atoms with Crippen molar-refractivity contribution in [3.05, 3.63) is 53.6 Å². The molecule has 0 aliphatic rings. The van der Waals surface area contributed by atoms with E-state index in [9.17, 15) is 17.2 Å². The smallest absolute Gasteiger partial charge is 0.341 e. The highest BCUT2D eigenvalue weighted by Crippen LogP contribution is 2.31. The zero-order valence-corrected chi connectivity index (χ0v) is 14.7. The molecule has 3 rings (SSSR count). The first-order valence-corrected chi connectivity index (χ1v) is 9.50. The van der Waals surface area contributed by atoms with Gasteiger partial charge in [-0.3, -0.25) is 0 Å². The lowest BCUT2D eigenvalue weighted by atomic mass is 10.2. The molecule has 0 aliphatic heterocycles. The van der Waals surface area contributed by atoms with Gasteiger partial charge >= 0.3 is 5.76 Å². The normalized spacial score (nSPS) is 11.8. The average molecular weight is 403 g/mol. The van der Waals surface area contributed by atoms with E-state index in [-0.39, 0.29) is 11.1 Å². The van der Waals surface area contributed by atoms with Crippen molar-refractivity contribution in [2.24, 2.45) is 0 Å². The van der Waals surface area contributed by atoms with Crippen molar-refractivity contribution in [1.29, 1.82) is 0 Å². The second-order valence-corrected chi connectivity index (χ2v) is 8.14. The molecule has 2 aromatic carbocycles. The number of sulfone groups is 1. The lowest BCUT2D eigenvalue weighted by Crippen LogP contribution is -2.10. The highest BCUT2D eigenvalue weighted by Gasteiger charge is 2.26. The first-order valence-electron chi connectivity index (χ1n) is 6.76. The lowest BCUT2D eigenvalue weighted by Gasteiger charge is -2.03. The van der Waals surface area contributed by atoms with E-state index >= 15 is 0 Å². The van der Waals surface area contributed by atoms with Gasteiger partial charge in [-0.15, -0.1) is 10.2 Å². The zero-order valence-electron chi connectivity index (χ0n) is 12.3. The molecule has 0 amide bonds. The molecule has 130 valence electrons. The standard InChI is InChI=1S/C15H9ClF2N2O3S2/c16-10-3-1-2-9(8-10)13-19-20-15(23-13)24-11-4-6-12(7-5-11)25(21,22)14(17)18/h1-8,14H. The number of halogens is 3. The molecular formula is C15H9ClF2N2O3S2. The van der Waals surface area contributed by atoms with Crippen LogP contribution in [-0.2, 0) is 9.84 Å². The summed E-state index contributed by atoms with van der Waals surface area (Å²) in [5.74, 6) is -3.18. The summed E-state index contributed by atoms with van der Waals surface area (Å²) in [5, 5.41) is 8.54. The summed E-state index contributed by atoms with van der Waals surface area (Å²) in [7, 11) is -4.61. The Morgan fingerprint density at radius 1 is 1.08 bits per heavy atom. The summed E-state index contributed by atoms with van der Waals surface area (Å²) in [4.78, 5) is 0.117. The van der Waals surface area contributed by atoms with Crippen LogP contribution in [0.25, 0.3) is 11.5 Å². The minimum atomic E-state index is -4.61. The summed E-state index contributed by atoms with van der Waals surface area (Å²) in [6.45, 7) is 0. The molecule has 0 saturated carbocycles. The van der Waals surface area contributed by atoms with Gasteiger partial charge in [0.1, 0.15) is 0 Å². The fraction of sp³-hybridized carbons (Fsp3) is 0.0667. The maximum Gasteiger partial charge on any atom is 0.341 e. The quantitative estimate of drug-likeness (QED) is 0.624. The summed E-state index contributed by atoms with van der Waals surface area (Å²) < 4.78 is 53.3. The van der Waals surface area contributed by atoms with Crippen LogP contribution in [0.4, 0.5) is 8.78 Å². The van der Waals surface area contributed by atoms with E-state index in [1.165, 1.54) is 12.1 Å². The number of aromatic nitrogens is 2. The van der Waals surface area contributed by atoms with E-state index in [2.05, 4.69) is 10.2 Å². The molecule has 0 N–H and O–H groups in total. The minimum Gasteiger partial charge on any atom is -0.411 e. The van der Waals surface area contributed by atoms with Gasteiger partial charge in [-0.25, -0.2) is 8.42 Å². The number of benzene rings is 2. The van der Waals surface area contributed by atoms with Gasteiger partial charge in [0.05, 0.1) is 4.90 Å². The average Bonchev–Trinajstić information content (AvgIpc) is 3.04. The van der Waals surface area contributed by atoms with Crippen molar-refractivity contribution < 1.29 is 21.6 Å². The Bertz CT molecular complexity index is 992. The third-order valence-corrected chi connectivity index (χ3v) is 5.55. The van der Waals surface area contributed by atoms with Crippen LogP contribution in [0.15, 0.2) is 68.0 Å².